The minimum Gasteiger partial charge on any atom is -0.349 e. The van der Waals surface area contributed by atoms with Crippen LogP contribution in [0.5, 0.6) is 0 Å². The SMILES string of the molecule is CC(C)CCN1C(=O)C2SC=CC2=[N+](CC(=O)NCc2ccc(F)c(Cl)c2)C1=O. The van der Waals surface area contributed by atoms with E-state index in [4.69, 9.17) is 11.6 Å². The van der Waals surface area contributed by atoms with Crippen LogP contribution in [-0.4, -0.2) is 51.4 Å². The van der Waals surface area contributed by atoms with Gasteiger partial charge in [-0.2, -0.15) is 14.3 Å². The molecule has 9 heteroatoms. The van der Waals surface area contributed by atoms with Gasteiger partial charge in [-0.25, -0.2) is 9.18 Å². The Morgan fingerprint density at radius 2 is 2.14 bits per heavy atom. The van der Waals surface area contributed by atoms with Crippen LogP contribution in [0.25, 0.3) is 0 Å². The molecule has 0 bridgehead atoms. The Labute approximate surface area is 177 Å². The largest absolute Gasteiger partial charge is 0.501 e. The third-order valence-electron chi connectivity index (χ3n) is 4.69. The molecule has 0 aliphatic carbocycles. The van der Waals surface area contributed by atoms with Crippen molar-refractivity contribution in [1.82, 2.24) is 10.2 Å². The average Bonchev–Trinajstić information content (AvgIpc) is 3.16. The molecule has 1 atom stereocenters. The molecule has 0 fully saturated rings. The van der Waals surface area contributed by atoms with Crippen LogP contribution in [0.3, 0.4) is 0 Å². The van der Waals surface area contributed by atoms with E-state index in [-0.39, 0.29) is 29.9 Å². The lowest BCUT2D eigenvalue weighted by Gasteiger charge is -2.24. The standard InChI is InChI=1S/C20H21ClFN3O3S/c1-12(2)5-7-24-19(27)18-16(6-8-29-18)25(20(24)28)11-17(26)23-10-13-3-4-15(22)14(21)9-13/h3-4,6,8-9,12,18H,5,7,10-11H2,1-2H3/p+1. The zero-order valence-electron chi connectivity index (χ0n) is 16.2. The van der Waals surface area contributed by atoms with Crippen molar-refractivity contribution in [3.05, 3.63) is 46.1 Å². The molecule has 29 heavy (non-hydrogen) atoms. The van der Waals surface area contributed by atoms with Gasteiger partial charge in [0.1, 0.15) is 11.5 Å². The number of carbonyl (C=O) groups excluding carboxylic acids is 3. The normalized spacial score (nSPS) is 18.7. The summed E-state index contributed by atoms with van der Waals surface area (Å²) in [6, 6.07) is 3.73. The zero-order chi connectivity index (χ0) is 21.1. The Morgan fingerprint density at radius 1 is 1.38 bits per heavy atom. The van der Waals surface area contributed by atoms with E-state index in [1.54, 1.807) is 11.5 Å². The topological polar surface area (TPSA) is 69.5 Å². The number of urea groups is 1. The Hall–Kier alpha value is -2.19. The van der Waals surface area contributed by atoms with Gasteiger partial charge in [0.25, 0.3) is 5.91 Å². The van der Waals surface area contributed by atoms with Gasteiger partial charge in [0.15, 0.2) is 11.8 Å². The highest BCUT2D eigenvalue weighted by atomic mass is 35.5. The maximum absolute atomic E-state index is 13.2. The molecule has 2 heterocycles. The predicted octanol–water partition coefficient (Wildman–Crippen LogP) is 3.19. The van der Waals surface area contributed by atoms with E-state index in [0.29, 0.717) is 30.2 Å². The molecule has 4 amide bonds. The summed E-state index contributed by atoms with van der Waals surface area (Å²) >= 11 is 7.09. The van der Waals surface area contributed by atoms with Crippen LogP contribution in [0.15, 0.2) is 29.7 Å². The lowest BCUT2D eigenvalue weighted by Crippen LogP contribution is -2.56. The fourth-order valence-corrected chi connectivity index (χ4v) is 4.22. The van der Waals surface area contributed by atoms with E-state index in [1.807, 2.05) is 13.8 Å². The van der Waals surface area contributed by atoms with Crippen molar-refractivity contribution in [3.8, 4) is 0 Å². The van der Waals surface area contributed by atoms with Crippen molar-refractivity contribution >= 4 is 46.9 Å². The number of fused-ring (bicyclic) bond motifs is 1. The van der Waals surface area contributed by atoms with Crippen LogP contribution >= 0.6 is 23.4 Å². The van der Waals surface area contributed by atoms with E-state index >= 15 is 0 Å². The van der Waals surface area contributed by atoms with Gasteiger partial charge in [0, 0.05) is 6.54 Å². The Morgan fingerprint density at radius 3 is 2.83 bits per heavy atom. The predicted molar refractivity (Wildman–Crippen MR) is 110 cm³/mol. The Balaban J connectivity index is 1.71. The smallest absolute Gasteiger partial charge is 0.349 e. The van der Waals surface area contributed by atoms with E-state index in [9.17, 15) is 18.8 Å². The Bertz CT molecular complexity index is 916. The second kappa shape index (κ2) is 9.09. The highest BCUT2D eigenvalue weighted by Crippen LogP contribution is 2.28. The Kier molecular flexibility index (Phi) is 6.74. The zero-order valence-corrected chi connectivity index (χ0v) is 17.7. The van der Waals surface area contributed by atoms with Gasteiger partial charge in [-0.3, -0.25) is 4.79 Å². The highest BCUT2D eigenvalue weighted by molar-refractivity contribution is 8.04. The van der Waals surface area contributed by atoms with E-state index in [2.05, 4.69) is 5.32 Å². The summed E-state index contributed by atoms with van der Waals surface area (Å²) in [6.07, 6.45) is 2.40. The number of halogens is 2. The number of nitrogens with zero attached hydrogens (tertiary/aromatic N) is 2. The first-order chi connectivity index (χ1) is 13.8. The van der Waals surface area contributed by atoms with Gasteiger partial charge in [0.2, 0.25) is 0 Å². The number of rotatable bonds is 7. The van der Waals surface area contributed by atoms with E-state index in [0.717, 1.165) is 0 Å². The first-order valence-corrected chi connectivity index (χ1v) is 10.6. The summed E-state index contributed by atoms with van der Waals surface area (Å²) in [5.41, 5.74) is 1.18. The lowest BCUT2D eigenvalue weighted by molar-refractivity contribution is -0.426. The molecule has 1 aromatic carbocycles. The number of nitrogens with one attached hydrogen (secondary N) is 1. The van der Waals surface area contributed by atoms with E-state index < -0.39 is 17.1 Å². The number of imide groups is 1. The minimum atomic E-state index is -0.528. The third kappa shape index (κ3) is 4.87. The van der Waals surface area contributed by atoms with Crippen molar-refractivity contribution < 1.29 is 23.3 Å². The van der Waals surface area contributed by atoms with Gasteiger partial charge in [0.05, 0.1) is 11.6 Å². The molecule has 6 nitrogen and oxygen atoms in total. The molecule has 0 spiro atoms. The molecular weight excluding hydrogens is 417 g/mol. The highest BCUT2D eigenvalue weighted by Gasteiger charge is 2.49. The summed E-state index contributed by atoms with van der Waals surface area (Å²) in [5, 5.41) is 3.96. The number of thioether (sulfide) groups is 1. The van der Waals surface area contributed by atoms with Crippen molar-refractivity contribution in [2.24, 2.45) is 5.92 Å². The van der Waals surface area contributed by atoms with Crippen LogP contribution in [0, 0.1) is 11.7 Å². The minimum absolute atomic E-state index is 0.0196. The first-order valence-electron chi connectivity index (χ1n) is 9.30. The van der Waals surface area contributed by atoms with Crippen molar-refractivity contribution in [2.75, 3.05) is 13.1 Å². The molecule has 0 saturated carbocycles. The summed E-state index contributed by atoms with van der Waals surface area (Å²) in [6.45, 7) is 4.33. The van der Waals surface area contributed by atoms with Crippen molar-refractivity contribution in [2.45, 2.75) is 32.1 Å². The van der Waals surface area contributed by atoms with Gasteiger partial charge in [-0.05, 0) is 41.5 Å². The van der Waals surface area contributed by atoms with Crippen LogP contribution in [0.2, 0.25) is 5.02 Å². The van der Waals surface area contributed by atoms with Crippen molar-refractivity contribution in [3.63, 3.8) is 0 Å². The number of carbonyl (C=O) groups is 3. The number of hydrogen-bond acceptors (Lipinski definition) is 4. The second-order valence-electron chi connectivity index (χ2n) is 7.31. The van der Waals surface area contributed by atoms with Crippen LogP contribution in [-0.2, 0) is 16.1 Å². The fraction of sp³-hybridized carbons (Fsp3) is 0.400. The third-order valence-corrected chi connectivity index (χ3v) is 5.99. The summed E-state index contributed by atoms with van der Waals surface area (Å²) < 4.78 is 14.6. The van der Waals surface area contributed by atoms with Crippen LogP contribution in [0.4, 0.5) is 9.18 Å². The maximum Gasteiger partial charge on any atom is 0.501 e. The van der Waals surface area contributed by atoms with Crippen LogP contribution in [0.1, 0.15) is 25.8 Å². The fourth-order valence-electron chi connectivity index (χ4n) is 3.05. The first kappa shape index (κ1) is 21.5. The van der Waals surface area contributed by atoms with Gasteiger partial charge < -0.3 is 5.32 Å². The lowest BCUT2D eigenvalue weighted by atomic mass is 10.1. The number of amides is 4. The molecule has 1 aromatic rings. The van der Waals surface area contributed by atoms with Crippen LogP contribution < -0.4 is 5.32 Å². The summed E-state index contributed by atoms with van der Waals surface area (Å²) in [4.78, 5) is 39.3. The molecule has 0 saturated heterocycles. The van der Waals surface area contributed by atoms with Gasteiger partial charge in [-0.15, -0.1) is 11.8 Å². The van der Waals surface area contributed by atoms with Crippen molar-refractivity contribution in [1.29, 1.82) is 0 Å². The van der Waals surface area contributed by atoms with Gasteiger partial charge in [-0.1, -0.05) is 31.5 Å². The molecule has 0 aromatic heterocycles. The monoisotopic (exact) mass is 438 g/mol. The van der Waals surface area contributed by atoms with Gasteiger partial charge >= 0.3 is 11.9 Å². The van der Waals surface area contributed by atoms with E-state index in [1.165, 1.54) is 39.4 Å². The second-order valence-corrected chi connectivity index (χ2v) is 8.73. The number of allylic oxidation sites excluding steroid dienone is 1. The quantitative estimate of drug-likeness (QED) is 0.664. The molecule has 2 aliphatic rings. The molecule has 154 valence electrons. The average molecular weight is 439 g/mol. The molecule has 0 radical (unpaired) electrons. The maximum atomic E-state index is 13.2. The molecule has 2 aliphatic heterocycles. The summed E-state index contributed by atoms with van der Waals surface area (Å²) in [7, 11) is 0. The summed E-state index contributed by atoms with van der Waals surface area (Å²) in [5.74, 6) is -0.804. The molecule has 1 unspecified atom stereocenters. The molecule has 3 rings (SSSR count). The number of hydrogen-bond donors (Lipinski definition) is 1. The number of benzene rings is 1. The molecule has 1 N–H and O–H groups in total. The molecular formula is C20H22ClFN3O3S+.